The van der Waals surface area contributed by atoms with Gasteiger partial charge in [-0.3, -0.25) is 9.80 Å². The molecule has 1 aliphatic heterocycles. The fraction of sp³-hybridized carbons (Fsp3) is 0.846. The Morgan fingerprint density at radius 2 is 2.11 bits per heavy atom. The SMILES string of the molecule is CCCc1noc(CN(C)CCN2CCOCC2)n1. The lowest BCUT2D eigenvalue weighted by Gasteiger charge is -2.28. The van der Waals surface area contributed by atoms with E-state index in [0.29, 0.717) is 5.89 Å². The molecule has 0 unspecified atom stereocenters. The van der Waals surface area contributed by atoms with E-state index in [1.54, 1.807) is 0 Å². The van der Waals surface area contributed by atoms with Crippen LogP contribution < -0.4 is 0 Å². The summed E-state index contributed by atoms with van der Waals surface area (Å²) in [5, 5.41) is 3.97. The monoisotopic (exact) mass is 268 g/mol. The van der Waals surface area contributed by atoms with Crippen LogP contribution in [0, 0.1) is 0 Å². The highest BCUT2D eigenvalue weighted by Gasteiger charge is 2.12. The van der Waals surface area contributed by atoms with Gasteiger partial charge in [0.15, 0.2) is 5.82 Å². The van der Waals surface area contributed by atoms with Crippen LogP contribution in [-0.2, 0) is 17.7 Å². The third kappa shape index (κ3) is 4.89. The van der Waals surface area contributed by atoms with Gasteiger partial charge in [-0.15, -0.1) is 0 Å². The highest BCUT2D eigenvalue weighted by Crippen LogP contribution is 2.04. The van der Waals surface area contributed by atoms with Crippen molar-refractivity contribution in [2.24, 2.45) is 0 Å². The predicted molar refractivity (Wildman–Crippen MR) is 71.9 cm³/mol. The van der Waals surface area contributed by atoms with Crippen LogP contribution >= 0.6 is 0 Å². The fourth-order valence-electron chi connectivity index (χ4n) is 2.13. The number of morpholine rings is 1. The lowest BCUT2D eigenvalue weighted by atomic mass is 10.3. The van der Waals surface area contributed by atoms with Gasteiger partial charge in [-0.1, -0.05) is 12.1 Å². The van der Waals surface area contributed by atoms with Gasteiger partial charge in [-0.25, -0.2) is 0 Å². The Morgan fingerprint density at radius 3 is 2.84 bits per heavy atom. The Labute approximate surface area is 114 Å². The highest BCUT2D eigenvalue weighted by atomic mass is 16.5. The maximum atomic E-state index is 5.34. The molecule has 0 amide bonds. The molecule has 6 nitrogen and oxygen atoms in total. The van der Waals surface area contributed by atoms with Gasteiger partial charge in [-0.2, -0.15) is 4.98 Å². The number of ether oxygens (including phenoxy) is 1. The number of likely N-dealkylation sites (N-methyl/N-ethyl adjacent to an activating group) is 1. The second-order valence-corrected chi connectivity index (χ2v) is 5.05. The first-order valence-electron chi connectivity index (χ1n) is 7.08. The molecule has 1 saturated heterocycles. The minimum Gasteiger partial charge on any atom is -0.379 e. The van der Waals surface area contributed by atoms with E-state index in [4.69, 9.17) is 9.26 Å². The van der Waals surface area contributed by atoms with Gasteiger partial charge in [-0.05, 0) is 13.5 Å². The number of aromatic nitrogens is 2. The van der Waals surface area contributed by atoms with Crippen LogP contribution in [-0.4, -0.2) is 66.4 Å². The molecule has 0 N–H and O–H groups in total. The van der Waals surface area contributed by atoms with Gasteiger partial charge >= 0.3 is 0 Å². The van der Waals surface area contributed by atoms with Crippen LogP contribution in [0.2, 0.25) is 0 Å². The fourth-order valence-corrected chi connectivity index (χ4v) is 2.13. The summed E-state index contributed by atoms with van der Waals surface area (Å²) in [4.78, 5) is 9.03. The summed E-state index contributed by atoms with van der Waals surface area (Å²) >= 11 is 0. The van der Waals surface area contributed by atoms with Crippen molar-refractivity contribution in [2.45, 2.75) is 26.3 Å². The second kappa shape index (κ2) is 7.57. The average molecular weight is 268 g/mol. The molecule has 0 bridgehead atoms. The van der Waals surface area contributed by atoms with E-state index in [9.17, 15) is 0 Å². The first-order valence-corrected chi connectivity index (χ1v) is 7.08. The summed E-state index contributed by atoms with van der Waals surface area (Å²) in [6.45, 7) is 8.69. The first-order chi connectivity index (χ1) is 9.28. The van der Waals surface area contributed by atoms with E-state index >= 15 is 0 Å². The number of nitrogens with zero attached hydrogens (tertiary/aromatic N) is 4. The van der Waals surface area contributed by atoms with E-state index < -0.39 is 0 Å². The Kier molecular flexibility index (Phi) is 5.75. The van der Waals surface area contributed by atoms with Crippen molar-refractivity contribution < 1.29 is 9.26 Å². The summed E-state index contributed by atoms with van der Waals surface area (Å²) in [5.41, 5.74) is 0. The lowest BCUT2D eigenvalue weighted by Crippen LogP contribution is -2.40. The molecule has 0 saturated carbocycles. The van der Waals surface area contributed by atoms with Crippen molar-refractivity contribution in [3.8, 4) is 0 Å². The highest BCUT2D eigenvalue weighted by molar-refractivity contribution is 4.86. The van der Waals surface area contributed by atoms with Crippen LogP contribution in [0.5, 0.6) is 0 Å². The van der Waals surface area contributed by atoms with Gasteiger partial charge in [0.1, 0.15) is 0 Å². The molecule has 0 atom stereocenters. The molecule has 1 aromatic heterocycles. The largest absolute Gasteiger partial charge is 0.379 e. The number of hydrogen-bond donors (Lipinski definition) is 0. The zero-order chi connectivity index (χ0) is 13.5. The van der Waals surface area contributed by atoms with E-state index in [0.717, 1.165) is 64.6 Å². The van der Waals surface area contributed by atoms with Crippen LogP contribution in [0.4, 0.5) is 0 Å². The maximum absolute atomic E-state index is 5.34. The summed E-state index contributed by atoms with van der Waals surface area (Å²) in [7, 11) is 2.09. The molecule has 0 spiro atoms. The third-order valence-corrected chi connectivity index (χ3v) is 3.29. The van der Waals surface area contributed by atoms with Crippen molar-refractivity contribution in [1.82, 2.24) is 19.9 Å². The zero-order valence-corrected chi connectivity index (χ0v) is 12.0. The number of hydrogen-bond acceptors (Lipinski definition) is 6. The summed E-state index contributed by atoms with van der Waals surface area (Å²) in [6, 6.07) is 0. The number of aryl methyl sites for hydroxylation is 1. The minimum atomic E-state index is 0.716. The Bertz CT molecular complexity index is 363. The lowest BCUT2D eigenvalue weighted by molar-refractivity contribution is 0.0338. The van der Waals surface area contributed by atoms with Crippen molar-refractivity contribution in [2.75, 3.05) is 46.4 Å². The molecule has 0 aromatic carbocycles. The normalized spacial score (nSPS) is 17.2. The standard InChI is InChI=1S/C13H24N4O2/c1-3-4-12-14-13(19-15-12)11-16(2)5-6-17-7-9-18-10-8-17/h3-11H2,1-2H3. The van der Waals surface area contributed by atoms with Crippen molar-refractivity contribution in [3.05, 3.63) is 11.7 Å². The van der Waals surface area contributed by atoms with Crippen molar-refractivity contribution in [3.63, 3.8) is 0 Å². The Balaban J connectivity index is 1.69. The van der Waals surface area contributed by atoms with Crippen molar-refractivity contribution >= 4 is 0 Å². The first kappa shape index (κ1) is 14.4. The second-order valence-electron chi connectivity index (χ2n) is 5.05. The molecule has 108 valence electrons. The summed E-state index contributed by atoms with van der Waals surface area (Å²) < 4.78 is 10.6. The third-order valence-electron chi connectivity index (χ3n) is 3.29. The number of rotatable bonds is 7. The molecular formula is C13H24N4O2. The van der Waals surface area contributed by atoms with Crippen molar-refractivity contribution in [1.29, 1.82) is 0 Å². The van der Waals surface area contributed by atoms with Crippen LogP contribution in [0.1, 0.15) is 25.1 Å². The van der Waals surface area contributed by atoms with Gasteiger partial charge in [0, 0.05) is 32.6 Å². The predicted octanol–water partition coefficient (Wildman–Crippen LogP) is 0.786. The van der Waals surface area contributed by atoms with E-state index in [-0.39, 0.29) is 0 Å². The molecule has 2 heterocycles. The molecule has 0 radical (unpaired) electrons. The smallest absolute Gasteiger partial charge is 0.240 e. The molecule has 0 aliphatic carbocycles. The summed E-state index contributed by atoms with van der Waals surface area (Å²) in [6.07, 6.45) is 1.94. The quantitative estimate of drug-likeness (QED) is 0.728. The van der Waals surface area contributed by atoms with Gasteiger partial charge < -0.3 is 9.26 Å². The zero-order valence-electron chi connectivity index (χ0n) is 12.0. The topological polar surface area (TPSA) is 54.6 Å². The molecule has 2 rings (SSSR count). The minimum absolute atomic E-state index is 0.716. The van der Waals surface area contributed by atoms with E-state index in [1.807, 2.05) is 0 Å². The van der Waals surface area contributed by atoms with E-state index in [2.05, 4.69) is 33.9 Å². The van der Waals surface area contributed by atoms with Gasteiger partial charge in [0.25, 0.3) is 0 Å². The van der Waals surface area contributed by atoms with Crippen LogP contribution in [0.15, 0.2) is 4.52 Å². The van der Waals surface area contributed by atoms with Crippen LogP contribution in [0.3, 0.4) is 0 Å². The van der Waals surface area contributed by atoms with Gasteiger partial charge in [0.05, 0.1) is 19.8 Å². The van der Waals surface area contributed by atoms with Crippen LogP contribution in [0.25, 0.3) is 0 Å². The molecule has 6 heteroatoms. The molecular weight excluding hydrogens is 244 g/mol. The Hall–Kier alpha value is -0.980. The average Bonchev–Trinajstić information content (AvgIpc) is 2.85. The molecule has 1 aliphatic rings. The summed E-state index contributed by atoms with van der Waals surface area (Å²) in [5.74, 6) is 1.53. The van der Waals surface area contributed by atoms with Gasteiger partial charge in [0.2, 0.25) is 5.89 Å². The van der Waals surface area contributed by atoms with E-state index in [1.165, 1.54) is 0 Å². The Morgan fingerprint density at radius 1 is 1.32 bits per heavy atom. The maximum Gasteiger partial charge on any atom is 0.240 e. The molecule has 1 aromatic rings. The molecule has 19 heavy (non-hydrogen) atoms. The molecule has 1 fully saturated rings.